The number of nitro groups is 1. The molecule has 0 unspecified atom stereocenters. The van der Waals surface area contributed by atoms with Gasteiger partial charge in [0.2, 0.25) is 0 Å². The average molecular weight is 265 g/mol. The Hall–Kier alpha value is -1.21. The quantitative estimate of drug-likeness (QED) is 0.455. The summed E-state index contributed by atoms with van der Waals surface area (Å²) in [5.74, 6) is 0.0544. The van der Waals surface area contributed by atoms with Gasteiger partial charge in [0.25, 0.3) is 5.69 Å². The molecule has 8 heteroatoms. The number of hydrogen-bond acceptors (Lipinski definition) is 5. The zero-order valence-electron chi connectivity index (χ0n) is 8.17. The van der Waals surface area contributed by atoms with Crippen LogP contribution in [0.25, 0.3) is 0 Å². The van der Waals surface area contributed by atoms with Gasteiger partial charge in [0.15, 0.2) is 14.9 Å². The lowest BCUT2D eigenvalue weighted by atomic mass is 10.4. The summed E-state index contributed by atoms with van der Waals surface area (Å²) in [6.45, 7) is 0. The van der Waals surface area contributed by atoms with Crippen molar-refractivity contribution >= 4 is 27.1 Å². The summed E-state index contributed by atoms with van der Waals surface area (Å²) in [6, 6.07) is 2.09. The van der Waals surface area contributed by atoms with Crippen LogP contribution in [0.1, 0.15) is 6.42 Å². The number of nitrogens with zero attached hydrogens (tertiary/aromatic N) is 2. The standard InChI is InChI=1S/C8H9ClN2O4S/c9-3-1-5-16(14,15)8-6-7(11(12)13)2-4-10-8/h2,4,6H,1,3,5H2. The van der Waals surface area contributed by atoms with Gasteiger partial charge in [-0.1, -0.05) is 0 Å². The maximum absolute atomic E-state index is 11.6. The van der Waals surface area contributed by atoms with Crippen molar-refractivity contribution in [3.63, 3.8) is 0 Å². The molecule has 0 saturated carbocycles. The number of alkyl halides is 1. The van der Waals surface area contributed by atoms with Crippen LogP contribution in [0.3, 0.4) is 0 Å². The summed E-state index contributed by atoms with van der Waals surface area (Å²) in [6.07, 6.45) is 1.39. The van der Waals surface area contributed by atoms with Crippen LogP contribution < -0.4 is 0 Å². The Kier molecular flexibility index (Phi) is 4.19. The second-order valence-electron chi connectivity index (χ2n) is 2.97. The van der Waals surface area contributed by atoms with Gasteiger partial charge < -0.3 is 0 Å². The third kappa shape index (κ3) is 3.14. The molecule has 1 aromatic heterocycles. The second kappa shape index (κ2) is 5.22. The van der Waals surface area contributed by atoms with Crippen molar-refractivity contribution in [3.8, 4) is 0 Å². The van der Waals surface area contributed by atoms with E-state index in [0.29, 0.717) is 0 Å². The summed E-state index contributed by atoms with van der Waals surface area (Å²) in [4.78, 5) is 13.4. The Balaban J connectivity index is 3.04. The van der Waals surface area contributed by atoms with Gasteiger partial charge in [-0.15, -0.1) is 11.6 Å². The van der Waals surface area contributed by atoms with Crippen molar-refractivity contribution in [2.24, 2.45) is 0 Å². The molecule has 16 heavy (non-hydrogen) atoms. The van der Waals surface area contributed by atoms with E-state index in [-0.39, 0.29) is 28.8 Å². The number of aromatic nitrogens is 1. The van der Waals surface area contributed by atoms with Gasteiger partial charge in [-0.05, 0) is 6.42 Å². The van der Waals surface area contributed by atoms with Gasteiger partial charge >= 0.3 is 0 Å². The minimum atomic E-state index is -3.58. The number of halogens is 1. The monoisotopic (exact) mass is 264 g/mol. The molecule has 0 spiro atoms. The number of rotatable bonds is 5. The molecule has 0 amide bonds. The van der Waals surface area contributed by atoms with E-state index in [0.717, 1.165) is 18.3 Å². The fraction of sp³-hybridized carbons (Fsp3) is 0.375. The molecule has 0 aliphatic rings. The fourth-order valence-corrected chi connectivity index (χ4v) is 2.58. The highest BCUT2D eigenvalue weighted by molar-refractivity contribution is 7.91. The van der Waals surface area contributed by atoms with Crippen molar-refractivity contribution in [1.29, 1.82) is 0 Å². The first kappa shape index (κ1) is 12.9. The molecule has 0 aromatic carbocycles. The summed E-state index contributed by atoms with van der Waals surface area (Å²) < 4.78 is 23.2. The van der Waals surface area contributed by atoms with Crippen molar-refractivity contribution in [2.45, 2.75) is 11.4 Å². The lowest BCUT2D eigenvalue weighted by Gasteiger charge is -2.01. The SMILES string of the molecule is O=[N+]([O-])c1ccnc(S(=O)(=O)CCCCl)c1. The van der Waals surface area contributed by atoms with Crippen LogP contribution in [0.5, 0.6) is 0 Å². The lowest BCUT2D eigenvalue weighted by Crippen LogP contribution is -2.09. The zero-order chi connectivity index (χ0) is 12.2. The van der Waals surface area contributed by atoms with Crippen LogP contribution in [-0.4, -0.2) is 30.0 Å². The number of hydrogen-bond donors (Lipinski definition) is 0. The first-order chi connectivity index (χ1) is 7.47. The van der Waals surface area contributed by atoms with Gasteiger partial charge in [0, 0.05) is 18.1 Å². The molecule has 6 nitrogen and oxygen atoms in total. The molecule has 0 saturated heterocycles. The molecule has 1 aromatic rings. The normalized spacial score (nSPS) is 11.3. The van der Waals surface area contributed by atoms with E-state index in [2.05, 4.69) is 4.98 Å². The van der Waals surface area contributed by atoms with Crippen LogP contribution in [0.15, 0.2) is 23.4 Å². The Morgan fingerprint density at radius 3 is 2.75 bits per heavy atom. The number of pyridine rings is 1. The fourth-order valence-electron chi connectivity index (χ4n) is 1.03. The maximum atomic E-state index is 11.6. The molecule has 1 heterocycles. The third-order valence-corrected chi connectivity index (χ3v) is 3.75. The van der Waals surface area contributed by atoms with Gasteiger partial charge in [-0.3, -0.25) is 10.1 Å². The Bertz CT molecular complexity index is 489. The van der Waals surface area contributed by atoms with Crippen LogP contribution in [0.4, 0.5) is 5.69 Å². The smallest absolute Gasteiger partial charge is 0.258 e. The molecule has 88 valence electrons. The summed E-state index contributed by atoms with van der Waals surface area (Å²) in [5, 5.41) is 10.2. The van der Waals surface area contributed by atoms with Crippen LogP contribution in [0.2, 0.25) is 0 Å². The predicted octanol–water partition coefficient (Wildman–Crippen LogP) is 1.39. The van der Waals surface area contributed by atoms with E-state index in [1.807, 2.05) is 0 Å². The topological polar surface area (TPSA) is 90.2 Å². The average Bonchev–Trinajstić information content (AvgIpc) is 2.26. The zero-order valence-corrected chi connectivity index (χ0v) is 9.74. The van der Waals surface area contributed by atoms with Crippen molar-refractivity contribution < 1.29 is 13.3 Å². The van der Waals surface area contributed by atoms with Gasteiger partial charge in [-0.25, -0.2) is 13.4 Å². The highest BCUT2D eigenvalue weighted by atomic mass is 35.5. The molecular formula is C8H9ClN2O4S. The van der Waals surface area contributed by atoms with Gasteiger partial charge in [0.1, 0.15) is 0 Å². The van der Waals surface area contributed by atoms with E-state index < -0.39 is 14.8 Å². The summed E-state index contributed by atoms with van der Waals surface area (Å²) in [7, 11) is -3.58. The van der Waals surface area contributed by atoms with E-state index in [1.54, 1.807) is 0 Å². The van der Waals surface area contributed by atoms with Crippen molar-refractivity contribution in [1.82, 2.24) is 4.98 Å². The molecule has 0 bridgehead atoms. The second-order valence-corrected chi connectivity index (χ2v) is 5.40. The minimum Gasteiger partial charge on any atom is -0.258 e. The summed E-state index contributed by atoms with van der Waals surface area (Å²) in [5.41, 5.74) is -0.292. The van der Waals surface area contributed by atoms with E-state index in [4.69, 9.17) is 11.6 Å². The molecule has 0 radical (unpaired) electrons. The predicted molar refractivity (Wildman–Crippen MR) is 58.3 cm³/mol. The van der Waals surface area contributed by atoms with Crippen molar-refractivity contribution in [2.75, 3.05) is 11.6 Å². The van der Waals surface area contributed by atoms with Gasteiger partial charge in [-0.2, -0.15) is 0 Å². The van der Waals surface area contributed by atoms with E-state index >= 15 is 0 Å². The third-order valence-electron chi connectivity index (χ3n) is 1.79. The highest BCUT2D eigenvalue weighted by Gasteiger charge is 2.18. The van der Waals surface area contributed by atoms with Crippen LogP contribution in [0, 0.1) is 10.1 Å². The molecule has 0 fully saturated rings. The summed E-state index contributed by atoms with van der Waals surface area (Å²) >= 11 is 5.38. The minimum absolute atomic E-state index is 0.162. The first-order valence-corrected chi connectivity index (χ1v) is 6.55. The van der Waals surface area contributed by atoms with Crippen LogP contribution >= 0.6 is 11.6 Å². The molecule has 0 aliphatic heterocycles. The maximum Gasteiger partial charge on any atom is 0.273 e. The van der Waals surface area contributed by atoms with Crippen LogP contribution in [-0.2, 0) is 9.84 Å². The largest absolute Gasteiger partial charge is 0.273 e. The molecule has 0 N–H and O–H groups in total. The lowest BCUT2D eigenvalue weighted by molar-refractivity contribution is -0.385. The van der Waals surface area contributed by atoms with E-state index in [9.17, 15) is 18.5 Å². The molecule has 0 aliphatic carbocycles. The Labute approximate surface area is 97.3 Å². The molecule has 0 atom stereocenters. The highest BCUT2D eigenvalue weighted by Crippen LogP contribution is 2.16. The molecule has 1 rings (SSSR count). The molecular weight excluding hydrogens is 256 g/mol. The number of sulfone groups is 1. The first-order valence-electron chi connectivity index (χ1n) is 4.36. The van der Waals surface area contributed by atoms with Gasteiger partial charge in [0.05, 0.1) is 16.7 Å². The Morgan fingerprint density at radius 1 is 1.50 bits per heavy atom. The Morgan fingerprint density at radius 2 is 2.19 bits per heavy atom. The van der Waals surface area contributed by atoms with Crippen molar-refractivity contribution in [3.05, 3.63) is 28.4 Å². The van der Waals surface area contributed by atoms with E-state index in [1.165, 1.54) is 0 Å².